The van der Waals surface area contributed by atoms with E-state index < -0.39 is 0 Å². The molecule has 0 unspecified atom stereocenters. The molecule has 0 aliphatic carbocycles. The lowest BCUT2D eigenvalue weighted by atomic mass is 9.96. The Balaban J connectivity index is 1.79. The van der Waals surface area contributed by atoms with Gasteiger partial charge in [0.1, 0.15) is 5.75 Å². The van der Waals surface area contributed by atoms with Crippen molar-refractivity contribution in [1.82, 2.24) is 9.80 Å². The predicted molar refractivity (Wildman–Crippen MR) is 84.2 cm³/mol. The summed E-state index contributed by atoms with van der Waals surface area (Å²) >= 11 is 0. The molecule has 0 bridgehead atoms. The van der Waals surface area contributed by atoms with E-state index >= 15 is 0 Å². The molecule has 112 valence electrons. The second kappa shape index (κ2) is 6.59. The molecule has 20 heavy (non-hydrogen) atoms. The van der Waals surface area contributed by atoms with Crippen LogP contribution in [-0.2, 0) is 6.54 Å². The van der Waals surface area contributed by atoms with Crippen LogP contribution in [0.5, 0.6) is 5.75 Å². The van der Waals surface area contributed by atoms with Crippen LogP contribution < -0.4 is 4.74 Å². The van der Waals surface area contributed by atoms with E-state index in [0.717, 1.165) is 12.3 Å². The number of methoxy groups -OCH3 is 1. The molecule has 1 aromatic rings. The first kappa shape index (κ1) is 15.3. The Hall–Kier alpha value is -1.06. The monoisotopic (exact) mass is 276 g/mol. The summed E-state index contributed by atoms with van der Waals surface area (Å²) < 4.78 is 5.20. The van der Waals surface area contributed by atoms with Gasteiger partial charge in [-0.1, -0.05) is 32.9 Å². The fourth-order valence-electron chi connectivity index (χ4n) is 2.77. The second-order valence-electron chi connectivity index (χ2n) is 6.96. The Morgan fingerprint density at radius 1 is 0.950 bits per heavy atom. The van der Waals surface area contributed by atoms with E-state index in [0.29, 0.717) is 5.41 Å². The summed E-state index contributed by atoms with van der Waals surface area (Å²) in [5.41, 5.74) is 1.77. The molecule has 0 N–H and O–H groups in total. The van der Waals surface area contributed by atoms with Crippen LogP contribution in [0.4, 0.5) is 0 Å². The smallest absolute Gasteiger partial charge is 0.118 e. The second-order valence-corrected chi connectivity index (χ2v) is 6.96. The summed E-state index contributed by atoms with van der Waals surface area (Å²) in [5.74, 6) is 0.934. The van der Waals surface area contributed by atoms with Crippen LogP contribution in [-0.4, -0.2) is 49.6 Å². The summed E-state index contributed by atoms with van der Waals surface area (Å²) in [5, 5.41) is 0. The van der Waals surface area contributed by atoms with Gasteiger partial charge < -0.3 is 9.64 Å². The van der Waals surface area contributed by atoms with Crippen LogP contribution >= 0.6 is 0 Å². The van der Waals surface area contributed by atoms with Gasteiger partial charge in [0, 0.05) is 39.3 Å². The molecule has 3 heteroatoms. The minimum atomic E-state index is 0.401. The van der Waals surface area contributed by atoms with Gasteiger partial charge in [0.25, 0.3) is 0 Å². The molecule has 2 rings (SSSR count). The lowest BCUT2D eigenvalue weighted by Crippen LogP contribution is -2.48. The van der Waals surface area contributed by atoms with Crippen molar-refractivity contribution in [2.75, 3.05) is 39.8 Å². The van der Waals surface area contributed by atoms with Crippen LogP contribution in [0.3, 0.4) is 0 Å². The van der Waals surface area contributed by atoms with E-state index in [4.69, 9.17) is 4.74 Å². The maximum absolute atomic E-state index is 5.20. The molecule has 0 saturated carbocycles. The SMILES string of the molecule is COc1ccc(CN2CCN(CC(C)(C)C)CC2)cc1. The molecule has 1 saturated heterocycles. The maximum atomic E-state index is 5.20. The number of benzene rings is 1. The highest BCUT2D eigenvalue weighted by molar-refractivity contribution is 5.27. The van der Waals surface area contributed by atoms with Crippen LogP contribution in [0.1, 0.15) is 26.3 Å². The van der Waals surface area contributed by atoms with Gasteiger partial charge in [-0.05, 0) is 23.1 Å². The molecule has 1 aliphatic heterocycles. The van der Waals surface area contributed by atoms with Crippen molar-refractivity contribution in [3.8, 4) is 5.75 Å². The maximum Gasteiger partial charge on any atom is 0.118 e. The largest absolute Gasteiger partial charge is 0.497 e. The highest BCUT2D eigenvalue weighted by Gasteiger charge is 2.21. The molecule has 1 heterocycles. The van der Waals surface area contributed by atoms with Crippen molar-refractivity contribution in [1.29, 1.82) is 0 Å². The lowest BCUT2D eigenvalue weighted by molar-refractivity contribution is 0.0983. The van der Waals surface area contributed by atoms with E-state index in [9.17, 15) is 0 Å². The summed E-state index contributed by atoms with van der Waals surface area (Å²) in [6, 6.07) is 8.43. The Morgan fingerprint density at radius 3 is 2.00 bits per heavy atom. The van der Waals surface area contributed by atoms with Crippen LogP contribution in [0.25, 0.3) is 0 Å². The van der Waals surface area contributed by atoms with Crippen molar-refractivity contribution >= 4 is 0 Å². The van der Waals surface area contributed by atoms with E-state index in [1.54, 1.807) is 7.11 Å². The van der Waals surface area contributed by atoms with Gasteiger partial charge in [0.15, 0.2) is 0 Å². The van der Waals surface area contributed by atoms with Crippen molar-refractivity contribution in [2.24, 2.45) is 5.41 Å². The molecule has 1 fully saturated rings. The van der Waals surface area contributed by atoms with Gasteiger partial charge in [-0.25, -0.2) is 0 Å². The standard InChI is InChI=1S/C17H28N2O/c1-17(2,3)14-19-11-9-18(10-12-19)13-15-5-7-16(20-4)8-6-15/h5-8H,9-14H2,1-4H3. The first-order valence-corrected chi connectivity index (χ1v) is 7.54. The normalized spacial score (nSPS) is 18.2. The Morgan fingerprint density at radius 2 is 1.50 bits per heavy atom. The molecule has 0 spiro atoms. The first-order chi connectivity index (χ1) is 9.46. The summed E-state index contributed by atoms with van der Waals surface area (Å²) in [6.45, 7) is 13.9. The summed E-state index contributed by atoms with van der Waals surface area (Å²) in [7, 11) is 1.71. The molecule has 0 radical (unpaired) electrons. The van der Waals surface area contributed by atoms with Crippen LogP contribution in [0.15, 0.2) is 24.3 Å². The number of rotatable bonds is 4. The van der Waals surface area contributed by atoms with Gasteiger partial charge in [-0.15, -0.1) is 0 Å². The van der Waals surface area contributed by atoms with Crippen molar-refractivity contribution in [3.05, 3.63) is 29.8 Å². The predicted octanol–water partition coefficient (Wildman–Crippen LogP) is 2.86. The zero-order chi connectivity index (χ0) is 14.6. The number of hydrogen-bond acceptors (Lipinski definition) is 3. The third-order valence-electron chi connectivity index (χ3n) is 3.73. The van der Waals surface area contributed by atoms with E-state index in [2.05, 4.69) is 42.7 Å². The van der Waals surface area contributed by atoms with Crippen LogP contribution in [0.2, 0.25) is 0 Å². The highest BCUT2D eigenvalue weighted by Crippen LogP contribution is 2.18. The van der Waals surface area contributed by atoms with Gasteiger partial charge in [-0.3, -0.25) is 4.90 Å². The van der Waals surface area contributed by atoms with E-state index in [1.165, 1.54) is 38.3 Å². The van der Waals surface area contributed by atoms with E-state index in [-0.39, 0.29) is 0 Å². The zero-order valence-corrected chi connectivity index (χ0v) is 13.4. The number of ether oxygens (including phenoxy) is 1. The Kier molecular flexibility index (Phi) is 5.06. The van der Waals surface area contributed by atoms with Crippen LogP contribution in [0, 0.1) is 5.41 Å². The van der Waals surface area contributed by atoms with Crippen molar-refractivity contribution in [2.45, 2.75) is 27.3 Å². The minimum absolute atomic E-state index is 0.401. The third kappa shape index (κ3) is 4.80. The molecule has 3 nitrogen and oxygen atoms in total. The number of nitrogens with zero attached hydrogens (tertiary/aromatic N) is 2. The number of piperazine rings is 1. The Bertz CT molecular complexity index is 400. The Labute approximate surface area is 123 Å². The van der Waals surface area contributed by atoms with Crippen molar-refractivity contribution < 1.29 is 4.74 Å². The zero-order valence-electron chi connectivity index (χ0n) is 13.4. The summed E-state index contributed by atoms with van der Waals surface area (Å²) in [6.07, 6.45) is 0. The third-order valence-corrected chi connectivity index (χ3v) is 3.73. The first-order valence-electron chi connectivity index (χ1n) is 7.54. The fraction of sp³-hybridized carbons (Fsp3) is 0.647. The minimum Gasteiger partial charge on any atom is -0.497 e. The molecular weight excluding hydrogens is 248 g/mol. The average molecular weight is 276 g/mol. The highest BCUT2D eigenvalue weighted by atomic mass is 16.5. The van der Waals surface area contributed by atoms with Gasteiger partial charge in [0.2, 0.25) is 0 Å². The lowest BCUT2D eigenvalue weighted by Gasteiger charge is -2.37. The quantitative estimate of drug-likeness (QED) is 0.841. The molecule has 0 aromatic heterocycles. The van der Waals surface area contributed by atoms with Gasteiger partial charge in [-0.2, -0.15) is 0 Å². The molecular formula is C17H28N2O. The van der Waals surface area contributed by atoms with Gasteiger partial charge >= 0.3 is 0 Å². The molecule has 0 atom stereocenters. The topological polar surface area (TPSA) is 15.7 Å². The molecule has 1 aliphatic rings. The van der Waals surface area contributed by atoms with Gasteiger partial charge in [0.05, 0.1) is 7.11 Å². The fourth-order valence-corrected chi connectivity index (χ4v) is 2.77. The van der Waals surface area contributed by atoms with Crippen molar-refractivity contribution in [3.63, 3.8) is 0 Å². The molecule has 1 aromatic carbocycles. The number of hydrogen-bond donors (Lipinski definition) is 0. The van der Waals surface area contributed by atoms with E-state index in [1.807, 2.05) is 12.1 Å². The summed E-state index contributed by atoms with van der Waals surface area (Å²) in [4.78, 5) is 5.13. The molecule has 0 amide bonds. The average Bonchev–Trinajstić information content (AvgIpc) is 2.40.